The fourth-order valence-corrected chi connectivity index (χ4v) is 2.84. The van der Waals surface area contributed by atoms with Crippen LogP contribution in [0, 0.1) is 24.1 Å². The van der Waals surface area contributed by atoms with Gasteiger partial charge in [0.05, 0.1) is 10.6 Å². The number of hydrogen-bond acceptors (Lipinski definition) is 7. The van der Waals surface area contributed by atoms with Crippen molar-refractivity contribution < 1.29 is 19.0 Å². The monoisotopic (exact) mass is 402 g/mol. The molecule has 0 amide bonds. The number of nitrogens with one attached hydrogen (secondary N) is 1. The zero-order valence-corrected chi connectivity index (χ0v) is 15.5. The third-order valence-electron chi connectivity index (χ3n) is 4.19. The van der Waals surface area contributed by atoms with E-state index in [0.717, 1.165) is 6.07 Å². The molecule has 0 saturated carbocycles. The Morgan fingerprint density at radius 1 is 1.32 bits per heavy atom. The van der Waals surface area contributed by atoms with E-state index in [1.54, 1.807) is 19.1 Å². The molecular weight excluding hydrogens is 387 g/mol. The standard InChI is InChI=1S/C19H16ClFN4O3/c1-10-14(4-2-12(9-22)17(10)20)23-15(6-7-26)19-25-24-18(28-19)11-3-5-16(27)13(21)8-11/h2-5,8,15,23,26-27H,6-7H2,1H3/t15-/m1/s1. The Morgan fingerprint density at radius 2 is 2.11 bits per heavy atom. The van der Waals surface area contributed by atoms with E-state index in [4.69, 9.17) is 21.3 Å². The number of anilines is 1. The van der Waals surface area contributed by atoms with Gasteiger partial charge in [-0.25, -0.2) is 4.39 Å². The SMILES string of the molecule is Cc1c(N[C@H](CCO)c2nnc(-c3ccc(O)c(F)c3)o2)ccc(C#N)c1Cl. The van der Waals surface area contributed by atoms with E-state index < -0.39 is 17.6 Å². The van der Waals surface area contributed by atoms with Crippen molar-refractivity contribution in [1.82, 2.24) is 10.2 Å². The lowest BCUT2D eigenvalue weighted by Gasteiger charge is -2.18. The summed E-state index contributed by atoms with van der Waals surface area (Å²) < 4.78 is 19.2. The van der Waals surface area contributed by atoms with Crippen LogP contribution in [0.15, 0.2) is 34.7 Å². The molecular formula is C19H16ClFN4O3. The number of aromatic nitrogens is 2. The normalized spacial score (nSPS) is 11.8. The third-order valence-corrected chi connectivity index (χ3v) is 4.67. The van der Waals surface area contributed by atoms with Gasteiger partial charge in [0.1, 0.15) is 12.1 Å². The van der Waals surface area contributed by atoms with E-state index in [0.29, 0.717) is 27.4 Å². The van der Waals surface area contributed by atoms with Crippen LogP contribution >= 0.6 is 11.6 Å². The van der Waals surface area contributed by atoms with Gasteiger partial charge in [0.25, 0.3) is 0 Å². The number of halogens is 2. The summed E-state index contributed by atoms with van der Waals surface area (Å²) in [5.41, 5.74) is 1.99. The maximum absolute atomic E-state index is 13.6. The fraction of sp³-hybridized carbons (Fsp3) is 0.211. The molecule has 1 heterocycles. The number of phenols is 1. The van der Waals surface area contributed by atoms with Gasteiger partial charge >= 0.3 is 0 Å². The quantitative estimate of drug-likeness (QED) is 0.571. The molecule has 28 heavy (non-hydrogen) atoms. The van der Waals surface area contributed by atoms with E-state index in [-0.39, 0.29) is 24.8 Å². The van der Waals surface area contributed by atoms with E-state index in [1.165, 1.54) is 12.1 Å². The molecule has 3 N–H and O–H groups in total. The zero-order chi connectivity index (χ0) is 20.3. The number of aromatic hydroxyl groups is 1. The molecule has 0 radical (unpaired) electrons. The molecule has 0 aliphatic carbocycles. The van der Waals surface area contributed by atoms with E-state index in [9.17, 15) is 14.6 Å². The van der Waals surface area contributed by atoms with E-state index in [1.807, 2.05) is 6.07 Å². The average molecular weight is 403 g/mol. The maximum Gasteiger partial charge on any atom is 0.247 e. The lowest BCUT2D eigenvalue weighted by Crippen LogP contribution is -2.14. The van der Waals surface area contributed by atoms with Crippen molar-refractivity contribution in [1.29, 1.82) is 5.26 Å². The molecule has 0 fully saturated rings. The number of nitriles is 1. The summed E-state index contributed by atoms with van der Waals surface area (Å²) in [7, 11) is 0. The molecule has 1 atom stereocenters. The van der Waals surface area contributed by atoms with Crippen molar-refractivity contribution in [3.05, 3.63) is 58.2 Å². The third kappa shape index (κ3) is 3.91. The van der Waals surface area contributed by atoms with Crippen LogP contribution in [0.3, 0.4) is 0 Å². The number of aliphatic hydroxyl groups is 1. The number of nitrogens with zero attached hydrogens (tertiary/aromatic N) is 3. The second kappa shape index (κ2) is 8.25. The van der Waals surface area contributed by atoms with Gasteiger partial charge < -0.3 is 19.9 Å². The molecule has 0 bridgehead atoms. The zero-order valence-electron chi connectivity index (χ0n) is 14.8. The minimum atomic E-state index is -0.801. The summed E-state index contributed by atoms with van der Waals surface area (Å²) in [4.78, 5) is 0. The Morgan fingerprint density at radius 3 is 2.79 bits per heavy atom. The van der Waals surface area contributed by atoms with Gasteiger partial charge in [-0.2, -0.15) is 5.26 Å². The Bertz CT molecular complexity index is 1050. The lowest BCUT2D eigenvalue weighted by atomic mass is 10.1. The molecule has 144 valence electrons. The van der Waals surface area contributed by atoms with Gasteiger partial charge in [-0.05, 0) is 49.2 Å². The van der Waals surface area contributed by atoms with Crippen LogP contribution in [0.2, 0.25) is 5.02 Å². The first-order chi connectivity index (χ1) is 13.4. The van der Waals surface area contributed by atoms with Crippen molar-refractivity contribution in [2.75, 3.05) is 11.9 Å². The summed E-state index contributed by atoms with van der Waals surface area (Å²) in [5.74, 6) is -1.01. The molecule has 0 aliphatic heterocycles. The van der Waals surface area contributed by atoms with Crippen LogP contribution in [-0.4, -0.2) is 27.0 Å². The van der Waals surface area contributed by atoms with E-state index in [2.05, 4.69) is 15.5 Å². The average Bonchev–Trinajstić information content (AvgIpc) is 3.17. The summed E-state index contributed by atoms with van der Waals surface area (Å²) in [6.07, 6.45) is 0.267. The Balaban J connectivity index is 1.89. The molecule has 0 saturated heterocycles. The minimum absolute atomic E-state index is 0.0771. The second-order valence-corrected chi connectivity index (χ2v) is 6.41. The van der Waals surface area contributed by atoms with Gasteiger partial charge in [0, 0.05) is 17.9 Å². The van der Waals surface area contributed by atoms with Crippen molar-refractivity contribution in [2.24, 2.45) is 0 Å². The predicted octanol–water partition coefficient (Wildman–Crippen LogP) is 3.95. The molecule has 7 nitrogen and oxygen atoms in total. The highest BCUT2D eigenvalue weighted by atomic mass is 35.5. The summed E-state index contributed by atoms with van der Waals surface area (Å²) in [5, 5.41) is 39.2. The molecule has 3 aromatic rings. The van der Waals surface area contributed by atoms with Gasteiger partial charge in [0.15, 0.2) is 11.6 Å². The Hall–Kier alpha value is -3.15. The molecule has 0 spiro atoms. The highest BCUT2D eigenvalue weighted by Crippen LogP contribution is 2.31. The van der Waals surface area contributed by atoms with Gasteiger partial charge in [-0.3, -0.25) is 0 Å². The number of phenolic OH excluding ortho intramolecular Hbond substituents is 1. The first kappa shape index (κ1) is 19.6. The molecule has 3 rings (SSSR count). The fourth-order valence-electron chi connectivity index (χ4n) is 2.63. The Labute approximate surface area is 165 Å². The van der Waals surface area contributed by atoms with Crippen LogP contribution in [0.25, 0.3) is 11.5 Å². The first-order valence-electron chi connectivity index (χ1n) is 8.33. The number of rotatable bonds is 6. The van der Waals surface area contributed by atoms with Crippen molar-refractivity contribution in [2.45, 2.75) is 19.4 Å². The Kier molecular flexibility index (Phi) is 5.78. The van der Waals surface area contributed by atoms with Gasteiger partial charge in [0.2, 0.25) is 11.8 Å². The predicted molar refractivity (Wildman–Crippen MR) is 100 cm³/mol. The van der Waals surface area contributed by atoms with Crippen molar-refractivity contribution in [3.8, 4) is 23.3 Å². The molecule has 0 aliphatic rings. The van der Waals surface area contributed by atoms with Crippen LogP contribution in [0.1, 0.15) is 29.5 Å². The van der Waals surface area contributed by atoms with E-state index >= 15 is 0 Å². The lowest BCUT2D eigenvalue weighted by molar-refractivity contribution is 0.271. The van der Waals surface area contributed by atoms with Crippen molar-refractivity contribution >= 4 is 17.3 Å². The minimum Gasteiger partial charge on any atom is -0.505 e. The molecule has 1 aromatic heterocycles. The number of hydrogen-bond donors (Lipinski definition) is 3. The largest absolute Gasteiger partial charge is 0.505 e. The van der Waals surface area contributed by atoms with Crippen LogP contribution in [0.5, 0.6) is 5.75 Å². The van der Waals surface area contributed by atoms with Gasteiger partial charge in [-0.15, -0.1) is 10.2 Å². The second-order valence-electron chi connectivity index (χ2n) is 6.03. The highest BCUT2D eigenvalue weighted by Gasteiger charge is 2.21. The summed E-state index contributed by atoms with van der Waals surface area (Å²) in [6, 6.07) is 8.51. The first-order valence-corrected chi connectivity index (χ1v) is 8.71. The molecule has 9 heteroatoms. The number of aliphatic hydroxyl groups excluding tert-OH is 1. The van der Waals surface area contributed by atoms with Crippen molar-refractivity contribution in [3.63, 3.8) is 0 Å². The molecule has 0 unspecified atom stereocenters. The number of benzene rings is 2. The molecule has 2 aromatic carbocycles. The maximum atomic E-state index is 13.6. The van der Waals surface area contributed by atoms with Crippen LogP contribution < -0.4 is 5.32 Å². The van der Waals surface area contributed by atoms with Gasteiger partial charge in [-0.1, -0.05) is 11.6 Å². The summed E-state index contributed by atoms with van der Waals surface area (Å²) >= 11 is 6.20. The smallest absolute Gasteiger partial charge is 0.247 e. The van der Waals surface area contributed by atoms with Crippen LogP contribution in [-0.2, 0) is 0 Å². The highest BCUT2D eigenvalue weighted by molar-refractivity contribution is 6.32. The topological polar surface area (TPSA) is 115 Å². The summed E-state index contributed by atoms with van der Waals surface area (Å²) in [6.45, 7) is 1.62. The van der Waals surface area contributed by atoms with Crippen LogP contribution in [0.4, 0.5) is 10.1 Å².